The molecular weight excluding hydrogens is 242 g/mol. The van der Waals surface area contributed by atoms with Crippen molar-refractivity contribution in [2.45, 2.75) is 0 Å². The van der Waals surface area contributed by atoms with Gasteiger partial charge in [-0.2, -0.15) is 0 Å². The van der Waals surface area contributed by atoms with Crippen LogP contribution in [0.4, 0.5) is 5.69 Å². The summed E-state index contributed by atoms with van der Waals surface area (Å²) in [4.78, 5) is 16.6. The van der Waals surface area contributed by atoms with Gasteiger partial charge in [0.2, 0.25) is 5.56 Å². The predicted octanol–water partition coefficient (Wildman–Crippen LogP) is 0.946. The van der Waals surface area contributed by atoms with Crippen molar-refractivity contribution in [1.29, 1.82) is 0 Å². The Morgan fingerprint density at radius 1 is 1.21 bits per heavy atom. The third kappa shape index (κ3) is 2.29. The van der Waals surface area contributed by atoms with E-state index in [0.29, 0.717) is 0 Å². The first-order valence-electron chi connectivity index (χ1n) is 6.45. The number of ether oxygens (including phenoxy) is 1. The number of benzene rings is 1. The number of fused-ring (bicyclic) bond motifs is 1. The molecule has 3 rings (SSSR count). The summed E-state index contributed by atoms with van der Waals surface area (Å²) in [7, 11) is 1.65. The van der Waals surface area contributed by atoms with Crippen LogP contribution in [0.5, 0.6) is 5.75 Å². The second-order valence-electron chi connectivity index (χ2n) is 4.67. The highest BCUT2D eigenvalue weighted by Crippen LogP contribution is 2.30. The average Bonchev–Trinajstić information content (AvgIpc) is 2.46. The molecule has 2 heterocycles. The van der Waals surface area contributed by atoms with Gasteiger partial charge in [-0.05, 0) is 12.1 Å². The smallest absolute Gasteiger partial charge is 0.248 e. The molecule has 100 valence electrons. The molecule has 5 heteroatoms. The molecule has 0 aliphatic carbocycles. The normalized spacial score (nSPS) is 15.7. The highest BCUT2D eigenvalue weighted by molar-refractivity contribution is 5.88. The SMILES string of the molecule is COc1cc(N2CCNCC2)cc2[nH]c(=O)ccc12. The molecule has 2 aromatic rings. The molecule has 1 saturated heterocycles. The van der Waals surface area contributed by atoms with Gasteiger partial charge in [0.15, 0.2) is 0 Å². The molecule has 0 bridgehead atoms. The minimum absolute atomic E-state index is 0.0907. The van der Waals surface area contributed by atoms with Crippen molar-refractivity contribution < 1.29 is 4.74 Å². The number of hydrogen-bond donors (Lipinski definition) is 2. The lowest BCUT2D eigenvalue weighted by molar-refractivity contribution is 0.419. The fourth-order valence-corrected chi connectivity index (χ4v) is 2.50. The van der Waals surface area contributed by atoms with Crippen LogP contribution in [0, 0.1) is 0 Å². The van der Waals surface area contributed by atoms with Crippen LogP contribution in [0.25, 0.3) is 10.9 Å². The molecule has 0 amide bonds. The van der Waals surface area contributed by atoms with Crippen molar-refractivity contribution in [3.8, 4) is 5.75 Å². The minimum Gasteiger partial charge on any atom is -0.496 e. The molecule has 2 N–H and O–H groups in total. The predicted molar refractivity (Wildman–Crippen MR) is 76.2 cm³/mol. The van der Waals surface area contributed by atoms with Crippen molar-refractivity contribution >= 4 is 16.6 Å². The second-order valence-corrected chi connectivity index (χ2v) is 4.67. The van der Waals surface area contributed by atoms with Crippen LogP contribution in [0.15, 0.2) is 29.1 Å². The van der Waals surface area contributed by atoms with Crippen LogP contribution < -0.4 is 20.5 Å². The maximum absolute atomic E-state index is 11.5. The summed E-state index contributed by atoms with van der Waals surface area (Å²) in [6, 6.07) is 7.38. The van der Waals surface area contributed by atoms with Crippen LogP contribution in [0.1, 0.15) is 0 Å². The molecule has 1 fully saturated rings. The number of anilines is 1. The molecule has 19 heavy (non-hydrogen) atoms. The van der Waals surface area contributed by atoms with Crippen molar-refractivity contribution in [2.75, 3.05) is 38.2 Å². The van der Waals surface area contributed by atoms with Gasteiger partial charge < -0.3 is 19.9 Å². The van der Waals surface area contributed by atoms with Gasteiger partial charge in [0.05, 0.1) is 12.6 Å². The Kier molecular flexibility index (Phi) is 3.13. The van der Waals surface area contributed by atoms with E-state index in [2.05, 4.69) is 15.2 Å². The molecule has 1 aromatic carbocycles. The van der Waals surface area contributed by atoms with E-state index in [1.807, 2.05) is 12.1 Å². The Bertz CT molecular complexity index is 645. The van der Waals surface area contributed by atoms with E-state index in [9.17, 15) is 4.79 Å². The number of aromatic amines is 1. The molecule has 0 spiro atoms. The number of pyridine rings is 1. The highest BCUT2D eigenvalue weighted by Gasteiger charge is 2.13. The number of piperazine rings is 1. The summed E-state index contributed by atoms with van der Waals surface area (Å²) < 4.78 is 5.43. The van der Waals surface area contributed by atoms with Crippen LogP contribution in [0.3, 0.4) is 0 Å². The van der Waals surface area contributed by atoms with Crippen molar-refractivity contribution in [2.24, 2.45) is 0 Å². The number of aromatic nitrogens is 1. The van der Waals surface area contributed by atoms with E-state index in [4.69, 9.17) is 4.74 Å². The van der Waals surface area contributed by atoms with Crippen LogP contribution >= 0.6 is 0 Å². The third-order valence-electron chi connectivity index (χ3n) is 3.49. The second kappa shape index (κ2) is 4.93. The van der Waals surface area contributed by atoms with E-state index in [0.717, 1.165) is 48.5 Å². The highest BCUT2D eigenvalue weighted by atomic mass is 16.5. The molecule has 1 aromatic heterocycles. The lowest BCUT2D eigenvalue weighted by Crippen LogP contribution is -2.43. The van der Waals surface area contributed by atoms with E-state index >= 15 is 0 Å². The maximum Gasteiger partial charge on any atom is 0.248 e. The minimum atomic E-state index is -0.0907. The number of nitrogens with zero attached hydrogens (tertiary/aromatic N) is 1. The maximum atomic E-state index is 11.5. The molecule has 0 atom stereocenters. The van der Waals surface area contributed by atoms with E-state index < -0.39 is 0 Å². The topological polar surface area (TPSA) is 57.4 Å². The number of H-pyrrole nitrogens is 1. The lowest BCUT2D eigenvalue weighted by Gasteiger charge is -2.30. The number of rotatable bonds is 2. The Hall–Kier alpha value is -2.01. The molecule has 1 aliphatic heterocycles. The van der Waals surface area contributed by atoms with Crippen LogP contribution in [-0.4, -0.2) is 38.3 Å². The van der Waals surface area contributed by atoms with E-state index in [1.54, 1.807) is 13.2 Å². The monoisotopic (exact) mass is 259 g/mol. The van der Waals surface area contributed by atoms with Crippen LogP contribution in [0.2, 0.25) is 0 Å². The Balaban J connectivity index is 2.12. The number of nitrogens with one attached hydrogen (secondary N) is 2. The number of hydrogen-bond acceptors (Lipinski definition) is 4. The summed E-state index contributed by atoms with van der Waals surface area (Å²) >= 11 is 0. The third-order valence-corrected chi connectivity index (χ3v) is 3.49. The lowest BCUT2D eigenvalue weighted by atomic mass is 10.1. The summed E-state index contributed by atoms with van der Waals surface area (Å²) in [6.45, 7) is 3.88. The van der Waals surface area contributed by atoms with Gasteiger partial charge in [0.25, 0.3) is 0 Å². The van der Waals surface area contributed by atoms with E-state index in [-0.39, 0.29) is 5.56 Å². The van der Waals surface area contributed by atoms with Crippen LogP contribution in [-0.2, 0) is 0 Å². The van der Waals surface area contributed by atoms with Gasteiger partial charge in [-0.25, -0.2) is 0 Å². The standard InChI is InChI=1S/C14H17N3O2/c1-19-13-9-10(17-6-4-15-5-7-17)8-12-11(13)2-3-14(18)16-12/h2-3,8-9,15H,4-7H2,1H3,(H,16,18). The first-order valence-corrected chi connectivity index (χ1v) is 6.45. The summed E-state index contributed by atoms with van der Waals surface area (Å²) in [5.74, 6) is 0.794. The Morgan fingerprint density at radius 2 is 2.00 bits per heavy atom. The van der Waals surface area contributed by atoms with Gasteiger partial charge in [0.1, 0.15) is 5.75 Å². The fraction of sp³-hybridized carbons (Fsp3) is 0.357. The van der Waals surface area contributed by atoms with E-state index in [1.165, 1.54) is 6.07 Å². The van der Waals surface area contributed by atoms with Crippen molar-refractivity contribution in [3.63, 3.8) is 0 Å². The zero-order valence-electron chi connectivity index (χ0n) is 10.9. The zero-order valence-corrected chi connectivity index (χ0v) is 10.9. The first kappa shape index (κ1) is 12.0. The average molecular weight is 259 g/mol. The fourth-order valence-electron chi connectivity index (χ4n) is 2.50. The van der Waals surface area contributed by atoms with Crippen molar-refractivity contribution in [3.05, 3.63) is 34.6 Å². The van der Waals surface area contributed by atoms with Gasteiger partial charge >= 0.3 is 0 Å². The quantitative estimate of drug-likeness (QED) is 0.843. The Morgan fingerprint density at radius 3 is 2.74 bits per heavy atom. The molecule has 5 nitrogen and oxygen atoms in total. The van der Waals surface area contributed by atoms with Gasteiger partial charge in [-0.1, -0.05) is 0 Å². The Labute approximate surface area is 111 Å². The van der Waals surface area contributed by atoms with Gasteiger partial charge in [-0.3, -0.25) is 4.79 Å². The number of methoxy groups -OCH3 is 1. The van der Waals surface area contributed by atoms with Gasteiger partial charge in [-0.15, -0.1) is 0 Å². The summed E-state index contributed by atoms with van der Waals surface area (Å²) in [6.07, 6.45) is 0. The first-order chi connectivity index (χ1) is 9.28. The molecular formula is C14H17N3O2. The van der Waals surface area contributed by atoms with Gasteiger partial charge in [0, 0.05) is 49.4 Å². The molecule has 0 radical (unpaired) electrons. The zero-order chi connectivity index (χ0) is 13.2. The molecule has 1 aliphatic rings. The van der Waals surface area contributed by atoms with Crippen molar-refractivity contribution in [1.82, 2.24) is 10.3 Å². The summed E-state index contributed by atoms with van der Waals surface area (Å²) in [5, 5.41) is 4.26. The largest absolute Gasteiger partial charge is 0.496 e. The molecule has 0 saturated carbocycles. The summed E-state index contributed by atoms with van der Waals surface area (Å²) in [5.41, 5.74) is 1.82. The molecule has 0 unspecified atom stereocenters.